The summed E-state index contributed by atoms with van der Waals surface area (Å²) in [6.45, 7) is 4.89. The minimum Gasteiger partial charge on any atom is -0.353 e. The van der Waals surface area contributed by atoms with Crippen molar-refractivity contribution in [2.24, 2.45) is 0 Å². The van der Waals surface area contributed by atoms with Crippen LogP contribution in [-0.4, -0.2) is 18.5 Å². The summed E-state index contributed by atoms with van der Waals surface area (Å²) in [6.07, 6.45) is 0. The van der Waals surface area contributed by atoms with Gasteiger partial charge in [-0.1, -0.05) is 23.7 Å². The number of amides is 1. The number of carbonyl (C=O) groups excluding carboxylic acids is 1. The topological polar surface area (TPSA) is 41.1 Å². The highest BCUT2D eigenvalue weighted by Gasteiger charge is 2.01. The molecular weight excluding hydrogens is 224 g/mol. The maximum atomic E-state index is 11.3. The van der Waals surface area contributed by atoms with Crippen molar-refractivity contribution in [3.63, 3.8) is 0 Å². The van der Waals surface area contributed by atoms with Gasteiger partial charge in [-0.2, -0.15) is 0 Å². The molecule has 1 rings (SSSR count). The monoisotopic (exact) mass is 240 g/mol. The van der Waals surface area contributed by atoms with Gasteiger partial charge in [0.15, 0.2) is 0 Å². The van der Waals surface area contributed by atoms with E-state index < -0.39 is 0 Å². The van der Waals surface area contributed by atoms with E-state index in [0.717, 1.165) is 10.6 Å². The van der Waals surface area contributed by atoms with Gasteiger partial charge in [0.05, 0.1) is 6.54 Å². The molecule has 0 aromatic heterocycles. The van der Waals surface area contributed by atoms with Crippen molar-refractivity contribution >= 4 is 17.5 Å². The fraction of sp³-hybridized carbons (Fsp3) is 0.417. The molecule has 3 nitrogen and oxygen atoms in total. The maximum Gasteiger partial charge on any atom is 0.234 e. The fourth-order valence-electron chi connectivity index (χ4n) is 1.30. The van der Waals surface area contributed by atoms with Gasteiger partial charge < -0.3 is 10.6 Å². The predicted octanol–water partition coefficient (Wildman–Crippen LogP) is 1.95. The zero-order valence-electron chi connectivity index (χ0n) is 9.59. The average molecular weight is 241 g/mol. The molecule has 1 aromatic rings. The second-order valence-electron chi connectivity index (χ2n) is 3.95. The summed E-state index contributed by atoms with van der Waals surface area (Å²) in [5.74, 6) is 0.0176. The summed E-state index contributed by atoms with van der Waals surface area (Å²) in [4.78, 5) is 11.3. The molecule has 0 radical (unpaired) electrons. The largest absolute Gasteiger partial charge is 0.353 e. The zero-order valence-corrected chi connectivity index (χ0v) is 10.3. The summed E-state index contributed by atoms with van der Waals surface area (Å²) in [5.41, 5.74) is 1.11. The van der Waals surface area contributed by atoms with E-state index in [1.807, 2.05) is 38.1 Å². The Morgan fingerprint density at radius 3 is 2.50 bits per heavy atom. The van der Waals surface area contributed by atoms with E-state index in [4.69, 9.17) is 11.6 Å². The molecule has 0 atom stereocenters. The quantitative estimate of drug-likeness (QED) is 0.826. The van der Waals surface area contributed by atoms with Crippen LogP contribution in [0.4, 0.5) is 0 Å². The summed E-state index contributed by atoms with van der Waals surface area (Å²) in [6, 6.07) is 7.75. The lowest BCUT2D eigenvalue weighted by molar-refractivity contribution is -0.120. The molecule has 0 saturated heterocycles. The van der Waals surface area contributed by atoms with Gasteiger partial charge >= 0.3 is 0 Å². The van der Waals surface area contributed by atoms with E-state index in [0.29, 0.717) is 13.1 Å². The second-order valence-corrected chi connectivity index (χ2v) is 4.39. The first kappa shape index (κ1) is 13.0. The average Bonchev–Trinajstić information content (AvgIpc) is 2.20. The van der Waals surface area contributed by atoms with Crippen LogP contribution in [0.25, 0.3) is 0 Å². The highest BCUT2D eigenvalue weighted by molar-refractivity contribution is 6.30. The molecule has 16 heavy (non-hydrogen) atoms. The lowest BCUT2D eigenvalue weighted by Crippen LogP contribution is -2.37. The molecule has 2 N–H and O–H groups in total. The van der Waals surface area contributed by atoms with Gasteiger partial charge in [-0.15, -0.1) is 0 Å². The molecule has 4 heteroatoms. The zero-order chi connectivity index (χ0) is 12.0. The molecule has 1 aromatic carbocycles. The van der Waals surface area contributed by atoms with Crippen LogP contribution in [0.15, 0.2) is 24.3 Å². The number of hydrogen-bond donors (Lipinski definition) is 2. The summed E-state index contributed by atoms with van der Waals surface area (Å²) in [7, 11) is 0. The molecule has 0 bridgehead atoms. The number of nitrogens with one attached hydrogen (secondary N) is 2. The van der Waals surface area contributed by atoms with Crippen LogP contribution in [-0.2, 0) is 11.3 Å². The van der Waals surface area contributed by atoms with Gasteiger partial charge in [0.1, 0.15) is 0 Å². The standard InChI is InChI=1S/C12H17ClN2O/c1-9(2)15-12(16)8-14-7-10-3-5-11(13)6-4-10/h3-6,9,14H,7-8H2,1-2H3,(H,15,16). The predicted molar refractivity (Wildman–Crippen MR) is 66.4 cm³/mol. The second kappa shape index (κ2) is 6.51. The summed E-state index contributed by atoms with van der Waals surface area (Å²) >= 11 is 5.77. The Bertz CT molecular complexity index is 335. The van der Waals surface area contributed by atoms with Crippen molar-refractivity contribution < 1.29 is 4.79 Å². The van der Waals surface area contributed by atoms with E-state index in [1.54, 1.807) is 0 Å². The van der Waals surface area contributed by atoms with E-state index in [9.17, 15) is 4.79 Å². The molecule has 0 saturated carbocycles. The van der Waals surface area contributed by atoms with Gasteiger partial charge in [0, 0.05) is 17.6 Å². The minimum absolute atomic E-state index is 0.0176. The van der Waals surface area contributed by atoms with Crippen molar-refractivity contribution in [3.05, 3.63) is 34.9 Å². The molecule has 0 fully saturated rings. The Morgan fingerprint density at radius 2 is 1.94 bits per heavy atom. The summed E-state index contributed by atoms with van der Waals surface area (Å²) in [5, 5.41) is 6.61. The van der Waals surface area contributed by atoms with Crippen molar-refractivity contribution in [2.45, 2.75) is 26.4 Å². The number of rotatable bonds is 5. The van der Waals surface area contributed by atoms with Gasteiger partial charge in [-0.25, -0.2) is 0 Å². The number of halogens is 1. The molecular formula is C12H17ClN2O. The first-order chi connectivity index (χ1) is 7.58. The van der Waals surface area contributed by atoms with Crippen LogP contribution in [0.3, 0.4) is 0 Å². The van der Waals surface area contributed by atoms with Crippen LogP contribution >= 0.6 is 11.6 Å². The van der Waals surface area contributed by atoms with Crippen LogP contribution < -0.4 is 10.6 Å². The molecule has 0 aliphatic carbocycles. The molecule has 0 unspecified atom stereocenters. The van der Waals surface area contributed by atoms with E-state index in [-0.39, 0.29) is 11.9 Å². The molecule has 1 amide bonds. The first-order valence-corrected chi connectivity index (χ1v) is 5.70. The Morgan fingerprint density at radius 1 is 1.31 bits per heavy atom. The molecule has 0 aliphatic heterocycles. The third-order valence-electron chi connectivity index (χ3n) is 1.98. The maximum absolute atomic E-state index is 11.3. The van der Waals surface area contributed by atoms with Crippen LogP contribution in [0.5, 0.6) is 0 Å². The summed E-state index contributed by atoms with van der Waals surface area (Å²) < 4.78 is 0. The molecule has 0 aliphatic rings. The van der Waals surface area contributed by atoms with E-state index >= 15 is 0 Å². The van der Waals surface area contributed by atoms with E-state index in [2.05, 4.69) is 10.6 Å². The SMILES string of the molecule is CC(C)NC(=O)CNCc1ccc(Cl)cc1. The van der Waals surface area contributed by atoms with E-state index in [1.165, 1.54) is 0 Å². The first-order valence-electron chi connectivity index (χ1n) is 5.32. The third-order valence-corrected chi connectivity index (χ3v) is 2.23. The Balaban J connectivity index is 2.25. The van der Waals surface area contributed by atoms with Gasteiger partial charge in [0.2, 0.25) is 5.91 Å². The highest BCUT2D eigenvalue weighted by Crippen LogP contribution is 2.08. The van der Waals surface area contributed by atoms with Gasteiger partial charge in [-0.3, -0.25) is 4.79 Å². The smallest absolute Gasteiger partial charge is 0.234 e. The Kier molecular flexibility index (Phi) is 5.29. The van der Waals surface area contributed by atoms with Gasteiger partial charge in [0.25, 0.3) is 0 Å². The number of benzene rings is 1. The molecule has 88 valence electrons. The van der Waals surface area contributed by atoms with Gasteiger partial charge in [-0.05, 0) is 31.5 Å². The van der Waals surface area contributed by atoms with Crippen LogP contribution in [0, 0.1) is 0 Å². The highest BCUT2D eigenvalue weighted by atomic mass is 35.5. The molecule has 0 spiro atoms. The van der Waals surface area contributed by atoms with Crippen LogP contribution in [0.1, 0.15) is 19.4 Å². The Labute approximate surface area is 101 Å². The van der Waals surface area contributed by atoms with Crippen LogP contribution in [0.2, 0.25) is 5.02 Å². The lowest BCUT2D eigenvalue weighted by atomic mass is 10.2. The number of carbonyl (C=O) groups is 1. The fourth-order valence-corrected chi connectivity index (χ4v) is 1.42. The van der Waals surface area contributed by atoms with Crippen molar-refractivity contribution in [2.75, 3.05) is 6.54 Å². The Hall–Kier alpha value is -1.06. The minimum atomic E-state index is 0.0176. The lowest BCUT2D eigenvalue weighted by Gasteiger charge is -2.09. The third kappa shape index (κ3) is 5.14. The van der Waals surface area contributed by atoms with Crippen molar-refractivity contribution in [1.82, 2.24) is 10.6 Å². The molecule has 0 heterocycles. The van der Waals surface area contributed by atoms with Crippen molar-refractivity contribution in [3.8, 4) is 0 Å². The number of hydrogen-bond acceptors (Lipinski definition) is 2. The van der Waals surface area contributed by atoms with Crippen molar-refractivity contribution in [1.29, 1.82) is 0 Å². The normalized spacial score (nSPS) is 10.5.